The molecule has 0 spiro atoms. The number of rotatable bonds is 9. The monoisotopic (exact) mass is 473 g/mol. The second-order valence-corrected chi connectivity index (χ2v) is 9.26. The molecule has 2 atom stereocenters. The molecule has 1 heterocycles. The van der Waals surface area contributed by atoms with Crippen molar-refractivity contribution < 1.29 is 14.0 Å². The first-order chi connectivity index (χ1) is 16.9. The Kier molecular flexibility index (Phi) is 7.93. The Morgan fingerprint density at radius 1 is 0.971 bits per heavy atom. The van der Waals surface area contributed by atoms with E-state index >= 15 is 0 Å². The molecule has 182 valence electrons. The number of amides is 2. The number of nitrogens with zero attached hydrogens (tertiary/aromatic N) is 2. The number of hydrogen-bond acceptors (Lipinski definition) is 3. The molecule has 2 amide bonds. The van der Waals surface area contributed by atoms with Gasteiger partial charge in [0.05, 0.1) is 5.92 Å². The van der Waals surface area contributed by atoms with Crippen LogP contribution in [0.2, 0.25) is 0 Å². The maximum Gasteiger partial charge on any atom is 0.240 e. The van der Waals surface area contributed by atoms with E-state index in [1.807, 2.05) is 79.8 Å². The van der Waals surface area contributed by atoms with Crippen LogP contribution in [0, 0.1) is 5.82 Å². The lowest BCUT2D eigenvalue weighted by Gasteiger charge is -2.28. The van der Waals surface area contributed by atoms with Crippen molar-refractivity contribution in [3.05, 3.63) is 107 Å². The number of primary amides is 1. The van der Waals surface area contributed by atoms with Gasteiger partial charge < -0.3 is 15.5 Å². The number of halogens is 1. The molecule has 1 fully saturated rings. The molecule has 0 saturated carbocycles. The van der Waals surface area contributed by atoms with Crippen molar-refractivity contribution in [1.82, 2.24) is 9.80 Å². The van der Waals surface area contributed by atoms with Gasteiger partial charge in [-0.1, -0.05) is 72.8 Å². The average Bonchev–Trinajstić information content (AvgIpc) is 3.33. The molecule has 3 aromatic rings. The lowest BCUT2D eigenvalue weighted by molar-refractivity contribution is -0.137. The summed E-state index contributed by atoms with van der Waals surface area (Å²) in [7, 11) is 2.02. The number of carbonyl (C=O) groups excluding carboxylic acids is 2. The molecule has 1 aliphatic rings. The number of hydrogen-bond donors (Lipinski definition) is 1. The highest BCUT2D eigenvalue weighted by molar-refractivity contribution is 5.92. The van der Waals surface area contributed by atoms with Crippen LogP contribution in [-0.4, -0.2) is 53.8 Å². The van der Waals surface area contributed by atoms with Crippen molar-refractivity contribution in [3.8, 4) is 0 Å². The van der Waals surface area contributed by atoms with Gasteiger partial charge in [-0.2, -0.15) is 0 Å². The minimum atomic E-state index is -0.637. The van der Waals surface area contributed by atoms with Crippen LogP contribution in [-0.2, 0) is 16.0 Å². The van der Waals surface area contributed by atoms with Crippen LogP contribution >= 0.6 is 0 Å². The topological polar surface area (TPSA) is 66.6 Å². The van der Waals surface area contributed by atoms with E-state index < -0.39 is 17.9 Å². The SMILES string of the molecule is CN(CCCc1ccc(F)cc1)[C@H]1C[C@@H](C(N)=O)N(C(=O)C(c2ccccc2)c2ccccc2)C1. The summed E-state index contributed by atoms with van der Waals surface area (Å²) in [6.45, 7) is 1.26. The first kappa shape index (κ1) is 24.6. The van der Waals surface area contributed by atoms with Gasteiger partial charge in [0.2, 0.25) is 11.8 Å². The fourth-order valence-corrected chi connectivity index (χ4v) is 4.95. The summed E-state index contributed by atoms with van der Waals surface area (Å²) in [4.78, 5) is 30.2. The third-order valence-electron chi connectivity index (χ3n) is 6.92. The van der Waals surface area contributed by atoms with Gasteiger partial charge in [-0.3, -0.25) is 9.59 Å². The number of carbonyl (C=O) groups is 2. The lowest BCUT2D eigenvalue weighted by Crippen LogP contribution is -2.46. The van der Waals surface area contributed by atoms with Gasteiger partial charge in [0.1, 0.15) is 11.9 Å². The Hall–Kier alpha value is -3.51. The Morgan fingerprint density at radius 2 is 1.54 bits per heavy atom. The second kappa shape index (κ2) is 11.3. The number of aryl methyl sites for hydroxylation is 1. The number of likely N-dealkylation sites (N-methyl/N-ethyl adjacent to an activating group) is 1. The van der Waals surface area contributed by atoms with Crippen LogP contribution in [0.4, 0.5) is 4.39 Å². The molecule has 1 aliphatic heterocycles. The van der Waals surface area contributed by atoms with Crippen molar-refractivity contribution in [3.63, 3.8) is 0 Å². The molecular formula is C29H32FN3O2. The highest BCUT2D eigenvalue weighted by Gasteiger charge is 2.42. The van der Waals surface area contributed by atoms with Crippen molar-refractivity contribution in [2.75, 3.05) is 20.1 Å². The van der Waals surface area contributed by atoms with Gasteiger partial charge in [0.15, 0.2) is 0 Å². The van der Waals surface area contributed by atoms with Gasteiger partial charge in [0, 0.05) is 12.6 Å². The van der Waals surface area contributed by atoms with Crippen LogP contribution < -0.4 is 5.73 Å². The minimum Gasteiger partial charge on any atom is -0.368 e. The Morgan fingerprint density at radius 3 is 2.09 bits per heavy atom. The fourth-order valence-electron chi connectivity index (χ4n) is 4.95. The maximum atomic E-state index is 13.9. The largest absolute Gasteiger partial charge is 0.368 e. The summed E-state index contributed by atoms with van der Waals surface area (Å²) in [6, 6.07) is 25.3. The summed E-state index contributed by atoms with van der Waals surface area (Å²) >= 11 is 0. The van der Waals surface area contributed by atoms with E-state index in [1.165, 1.54) is 12.1 Å². The summed E-state index contributed by atoms with van der Waals surface area (Å²) in [6.07, 6.45) is 2.25. The minimum absolute atomic E-state index is 0.0388. The molecule has 35 heavy (non-hydrogen) atoms. The molecule has 2 N–H and O–H groups in total. The van der Waals surface area contributed by atoms with E-state index in [4.69, 9.17) is 5.73 Å². The Balaban J connectivity index is 1.48. The third kappa shape index (κ3) is 5.95. The zero-order valence-corrected chi connectivity index (χ0v) is 20.0. The van der Waals surface area contributed by atoms with E-state index in [0.717, 1.165) is 36.1 Å². The zero-order chi connectivity index (χ0) is 24.8. The zero-order valence-electron chi connectivity index (χ0n) is 20.0. The molecular weight excluding hydrogens is 441 g/mol. The van der Waals surface area contributed by atoms with Crippen LogP contribution in [0.15, 0.2) is 84.9 Å². The van der Waals surface area contributed by atoms with Crippen LogP contribution in [0.25, 0.3) is 0 Å². The molecule has 0 aromatic heterocycles. The van der Waals surface area contributed by atoms with Crippen LogP contribution in [0.5, 0.6) is 0 Å². The molecule has 0 bridgehead atoms. The van der Waals surface area contributed by atoms with Crippen molar-refractivity contribution >= 4 is 11.8 Å². The van der Waals surface area contributed by atoms with E-state index in [9.17, 15) is 14.0 Å². The standard InChI is InChI=1S/C29H32FN3O2/c1-32(18-8-9-21-14-16-24(30)17-15-21)25-19-26(28(31)34)33(20-25)29(35)27(22-10-4-2-5-11-22)23-12-6-3-7-13-23/h2-7,10-17,25-27H,8-9,18-20H2,1H3,(H2,31,34)/t25-,26-/m0/s1. The first-order valence-electron chi connectivity index (χ1n) is 12.1. The summed E-state index contributed by atoms with van der Waals surface area (Å²) in [5, 5.41) is 0. The van der Waals surface area contributed by atoms with Gasteiger partial charge in [-0.25, -0.2) is 4.39 Å². The summed E-state index contributed by atoms with van der Waals surface area (Å²) < 4.78 is 13.1. The molecule has 6 heteroatoms. The molecule has 4 rings (SSSR count). The predicted octanol–water partition coefficient (Wildman–Crippen LogP) is 3.98. The van der Waals surface area contributed by atoms with Crippen LogP contribution in [0.3, 0.4) is 0 Å². The molecule has 3 aromatic carbocycles. The molecule has 0 radical (unpaired) electrons. The van der Waals surface area contributed by atoms with E-state index in [-0.39, 0.29) is 17.8 Å². The number of nitrogens with two attached hydrogens (primary N) is 1. The number of likely N-dealkylation sites (tertiary alicyclic amines) is 1. The van der Waals surface area contributed by atoms with Crippen molar-refractivity contribution in [1.29, 1.82) is 0 Å². The Labute approximate surface area is 206 Å². The fraction of sp³-hybridized carbons (Fsp3) is 0.310. The molecule has 5 nitrogen and oxygen atoms in total. The highest BCUT2D eigenvalue weighted by Crippen LogP contribution is 2.31. The van der Waals surface area contributed by atoms with Crippen LogP contribution in [0.1, 0.15) is 35.4 Å². The lowest BCUT2D eigenvalue weighted by atomic mass is 9.90. The maximum absolute atomic E-state index is 13.9. The number of benzene rings is 3. The Bertz CT molecular complexity index is 1080. The molecule has 0 aliphatic carbocycles. The van der Waals surface area contributed by atoms with Crippen molar-refractivity contribution in [2.24, 2.45) is 5.73 Å². The predicted molar refractivity (Wildman–Crippen MR) is 135 cm³/mol. The van der Waals surface area contributed by atoms with Gasteiger partial charge >= 0.3 is 0 Å². The molecule has 0 unspecified atom stereocenters. The summed E-state index contributed by atoms with van der Waals surface area (Å²) in [5.74, 6) is -1.31. The van der Waals surface area contributed by atoms with Gasteiger partial charge in [0.25, 0.3) is 0 Å². The van der Waals surface area contributed by atoms with Gasteiger partial charge in [-0.15, -0.1) is 0 Å². The van der Waals surface area contributed by atoms with E-state index in [1.54, 1.807) is 4.90 Å². The van der Waals surface area contributed by atoms with E-state index in [2.05, 4.69) is 4.90 Å². The van der Waals surface area contributed by atoms with Gasteiger partial charge in [-0.05, 0) is 61.7 Å². The second-order valence-electron chi connectivity index (χ2n) is 9.26. The summed E-state index contributed by atoms with van der Waals surface area (Å²) in [5.41, 5.74) is 8.64. The van der Waals surface area contributed by atoms with Crippen molar-refractivity contribution in [2.45, 2.75) is 37.3 Å². The quantitative estimate of drug-likeness (QED) is 0.511. The first-order valence-corrected chi connectivity index (χ1v) is 12.1. The van der Waals surface area contributed by atoms with E-state index in [0.29, 0.717) is 13.0 Å². The smallest absolute Gasteiger partial charge is 0.240 e. The normalized spacial score (nSPS) is 17.8. The molecule has 1 saturated heterocycles. The highest BCUT2D eigenvalue weighted by atomic mass is 19.1. The average molecular weight is 474 g/mol. The third-order valence-corrected chi connectivity index (χ3v) is 6.92.